The van der Waals surface area contributed by atoms with Crippen molar-refractivity contribution in [2.75, 3.05) is 13.2 Å². The van der Waals surface area contributed by atoms with Crippen LogP contribution >= 0.6 is 11.6 Å². The van der Waals surface area contributed by atoms with Crippen molar-refractivity contribution in [2.45, 2.75) is 13.3 Å². The van der Waals surface area contributed by atoms with Gasteiger partial charge in [0, 0.05) is 24.3 Å². The first-order valence-corrected chi connectivity index (χ1v) is 6.32. The monoisotopic (exact) mass is 267 g/mol. The Morgan fingerprint density at radius 1 is 1.50 bits per heavy atom. The van der Waals surface area contributed by atoms with Gasteiger partial charge in [-0.15, -0.1) is 0 Å². The van der Waals surface area contributed by atoms with Crippen LogP contribution in [0.5, 0.6) is 0 Å². The van der Waals surface area contributed by atoms with Gasteiger partial charge in [0.1, 0.15) is 0 Å². The maximum atomic E-state index is 11.5. The molecule has 0 spiro atoms. The third-order valence-corrected chi connectivity index (χ3v) is 2.91. The van der Waals surface area contributed by atoms with Crippen LogP contribution in [0.15, 0.2) is 30.3 Å². The molecular formula is C14H18ClNO2. The Balaban J connectivity index is 2.43. The summed E-state index contributed by atoms with van der Waals surface area (Å²) in [7, 11) is 0. The van der Waals surface area contributed by atoms with Crippen molar-refractivity contribution in [3.8, 4) is 0 Å². The van der Waals surface area contributed by atoms with Crippen LogP contribution in [0.2, 0.25) is 5.02 Å². The van der Waals surface area contributed by atoms with Gasteiger partial charge in [-0.1, -0.05) is 36.7 Å². The molecule has 98 valence electrons. The Hall–Kier alpha value is -1.32. The average Bonchev–Trinajstić information content (AvgIpc) is 2.36. The molecule has 0 aromatic heterocycles. The highest BCUT2D eigenvalue weighted by molar-refractivity contribution is 6.32. The molecule has 1 aromatic rings. The minimum absolute atomic E-state index is 0.145. The number of amides is 1. The lowest BCUT2D eigenvalue weighted by molar-refractivity contribution is -0.116. The first-order chi connectivity index (χ1) is 8.63. The van der Waals surface area contributed by atoms with Crippen LogP contribution in [0.4, 0.5) is 0 Å². The molecule has 1 unspecified atom stereocenters. The number of nitrogens with one attached hydrogen (secondary N) is 1. The molecule has 18 heavy (non-hydrogen) atoms. The summed E-state index contributed by atoms with van der Waals surface area (Å²) in [6.07, 6.45) is 3.84. The molecule has 0 fully saturated rings. The second kappa shape index (κ2) is 7.90. The zero-order chi connectivity index (χ0) is 13.4. The first kappa shape index (κ1) is 14.7. The fourth-order valence-corrected chi connectivity index (χ4v) is 1.63. The van der Waals surface area contributed by atoms with Crippen LogP contribution in [0.1, 0.15) is 18.9 Å². The number of aliphatic hydroxyl groups excluding tert-OH is 1. The van der Waals surface area contributed by atoms with Gasteiger partial charge >= 0.3 is 0 Å². The number of rotatable bonds is 6. The molecule has 0 aliphatic rings. The van der Waals surface area contributed by atoms with Gasteiger partial charge in [-0.25, -0.2) is 0 Å². The Bertz CT molecular complexity index is 418. The topological polar surface area (TPSA) is 49.3 Å². The van der Waals surface area contributed by atoms with E-state index in [0.29, 0.717) is 18.0 Å². The van der Waals surface area contributed by atoms with Crippen LogP contribution in [-0.2, 0) is 4.79 Å². The predicted octanol–water partition coefficient (Wildman–Crippen LogP) is 2.49. The molecular weight excluding hydrogens is 250 g/mol. The van der Waals surface area contributed by atoms with E-state index in [-0.39, 0.29) is 18.4 Å². The Kier molecular flexibility index (Phi) is 6.47. The lowest BCUT2D eigenvalue weighted by atomic mass is 10.1. The molecule has 2 N–H and O–H groups in total. The number of benzene rings is 1. The van der Waals surface area contributed by atoms with E-state index >= 15 is 0 Å². The molecule has 3 nitrogen and oxygen atoms in total. The van der Waals surface area contributed by atoms with E-state index in [4.69, 9.17) is 16.7 Å². The fraction of sp³-hybridized carbons (Fsp3) is 0.357. The number of halogens is 1. The normalized spacial score (nSPS) is 12.6. The molecule has 0 aliphatic heterocycles. The zero-order valence-corrected chi connectivity index (χ0v) is 11.2. The van der Waals surface area contributed by atoms with Crippen molar-refractivity contribution in [3.63, 3.8) is 0 Å². The third-order valence-electron chi connectivity index (χ3n) is 2.57. The summed E-state index contributed by atoms with van der Waals surface area (Å²) in [4.78, 5) is 11.5. The maximum Gasteiger partial charge on any atom is 0.244 e. The largest absolute Gasteiger partial charge is 0.396 e. The van der Waals surface area contributed by atoms with E-state index in [2.05, 4.69) is 5.32 Å². The smallest absolute Gasteiger partial charge is 0.244 e. The van der Waals surface area contributed by atoms with Gasteiger partial charge in [0.15, 0.2) is 0 Å². The minimum atomic E-state index is -0.153. The number of hydrogen-bond donors (Lipinski definition) is 2. The second-order valence-corrected chi connectivity index (χ2v) is 4.62. The van der Waals surface area contributed by atoms with Gasteiger partial charge in [-0.2, -0.15) is 0 Å². The maximum absolute atomic E-state index is 11.5. The predicted molar refractivity (Wildman–Crippen MR) is 74.4 cm³/mol. The number of hydrogen-bond acceptors (Lipinski definition) is 2. The SMILES string of the molecule is CC(CCO)CNC(=O)C=Cc1ccccc1Cl. The minimum Gasteiger partial charge on any atom is -0.396 e. The summed E-state index contributed by atoms with van der Waals surface area (Å²) in [6.45, 7) is 2.69. The molecule has 0 aliphatic carbocycles. The summed E-state index contributed by atoms with van der Waals surface area (Å²) in [5, 5.41) is 12.1. The molecule has 1 rings (SSSR count). The molecule has 0 saturated carbocycles. The van der Waals surface area contributed by atoms with Crippen LogP contribution in [0.25, 0.3) is 6.08 Å². The quantitative estimate of drug-likeness (QED) is 0.778. The standard InChI is InChI=1S/C14H18ClNO2/c1-11(8-9-17)10-16-14(18)7-6-12-4-2-3-5-13(12)15/h2-7,11,17H,8-10H2,1H3,(H,16,18). The Labute approximate surface area is 112 Å². The number of carbonyl (C=O) groups is 1. The highest BCUT2D eigenvalue weighted by atomic mass is 35.5. The first-order valence-electron chi connectivity index (χ1n) is 5.94. The molecule has 1 amide bonds. The van der Waals surface area contributed by atoms with Crippen LogP contribution in [-0.4, -0.2) is 24.2 Å². The second-order valence-electron chi connectivity index (χ2n) is 4.22. The van der Waals surface area contributed by atoms with Crippen molar-refractivity contribution in [3.05, 3.63) is 40.9 Å². The molecule has 0 radical (unpaired) electrons. The van der Waals surface area contributed by atoms with Crippen molar-refractivity contribution < 1.29 is 9.90 Å². The average molecular weight is 268 g/mol. The van der Waals surface area contributed by atoms with Gasteiger partial charge in [0.25, 0.3) is 0 Å². The van der Waals surface area contributed by atoms with E-state index < -0.39 is 0 Å². The van der Waals surface area contributed by atoms with E-state index in [9.17, 15) is 4.79 Å². The van der Waals surface area contributed by atoms with Gasteiger partial charge in [-0.05, 0) is 30.0 Å². The van der Waals surface area contributed by atoms with Crippen molar-refractivity contribution in [1.82, 2.24) is 5.32 Å². The van der Waals surface area contributed by atoms with Gasteiger partial charge < -0.3 is 10.4 Å². The lowest BCUT2D eigenvalue weighted by Crippen LogP contribution is -2.26. The van der Waals surface area contributed by atoms with E-state index in [0.717, 1.165) is 5.56 Å². The summed E-state index contributed by atoms with van der Waals surface area (Å²) in [5.74, 6) is 0.118. The molecule has 0 bridgehead atoms. The van der Waals surface area contributed by atoms with Gasteiger partial charge in [0.2, 0.25) is 5.91 Å². The van der Waals surface area contributed by atoms with E-state index in [1.807, 2.05) is 25.1 Å². The van der Waals surface area contributed by atoms with E-state index in [1.165, 1.54) is 6.08 Å². The van der Waals surface area contributed by atoms with Gasteiger partial charge in [0.05, 0.1) is 0 Å². The highest BCUT2D eigenvalue weighted by Gasteiger charge is 2.02. The molecule has 0 saturated heterocycles. The number of carbonyl (C=O) groups excluding carboxylic acids is 1. The highest BCUT2D eigenvalue weighted by Crippen LogP contribution is 2.15. The molecule has 0 heterocycles. The number of aliphatic hydroxyl groups is 1. The lowest BCUT2D eigenvalue weighted by Gasteiger charge is -2.09. The van der Waals surface area contributed by atoms with Crippen LogP contribution in [0.3, 0.4) is 0 Å². The van der Waals surface area contributed by atoms with Crippen LogP contribution in [0, 0.1) is 5.92 Å². The summed E-state index contributed by atoms with van der Waals surface area (Å²) >= 11 is 5.97. The van der Waals surface area contributed by atoms with Crippen molar-refractivity contribution >= 4 is 23.6 Å². The summed E-state index contributed by atoms with van der Waals surface area (Å²) in [5.41, 5.74) is 0.817. The summed E-state index contributed by atoms with van der Waals surface area (Å²) in [6, 6.07) is 7.34. The zero-order valence-electron chi connectivity index (χ0n) is 10.4. The van der Waals surface area contributed by atoms with Crippen molar-refractivity contribution in [1.29, 1.82) is 0 Å². The van der Waals surface area contributed by atoms with Crippen LogP contribution < -0.4 is 5.32 Å². The van der Waals surface area contributed by atoms with Crippen molar-refractivity contribution in [2.24, 2.45) is 5.92 Å². The molecule has 1 aromatic carbocycles. The molecule has 1 atom stereocenters. The van der Waals surface area contributed by atoms with E-state index in [1.54, 1.807) is 12.1 Å². The fourth-order valence-electron chi connectivity index (χ4n) is 1.43. The Morgan fingerprint density at radius 3 is 2.89 bits per heavy atom. The van der Waals surface area contributed by atoms with Gasteiger partial charge in [-0.3, -0.25) is 4.79 Å². The molecule has 4 heteroatoms. The third kappa shape index (κ3) is 5.34. The Morgan fingerprint density at radius 2 is 2.22 bits per heavy atom. The summed E-state index contributed by atoms with van der Waals surface area (Å²) < 4.78 is 0.